The fourth-order valence-corrected chi connectivity index (χ4v) is 1.71. The van der Waals surface area contributed by atoms with Crippen LogP contribution in [0.1, 0.15) is 40.0 Å². The molecule has 1 aliphatic heterocycles. The van der Waals surface area contributed by atoms with Gasteiger partial charge in [-0.25, -0.2) is 4.79 Å². The van der Waals surface area contributed by atoms with Gasteiger partial charge in [0, 0.05) is 13.1 Å². The maximum absolute atomic E-state index is 11.3. The van der Waals surface area contributed by atoms with Gasteiger partial charge in [-0.3, -0.25) is 0 Å². The Balaban J connectivity index is 2.07. The Bertz CT molecular complexity index is 280. The fourth-order valence-electron chi connectivity index (χ4n) is 1.71. The summed E-state index contributed by atoms with van der Waals surface area (Å²) in [5.41, 5.74) is 1.03. The molecule has 4 nitrogen and oxygen atoms in total. The van der Waals surface area contributed by atoms with Crippen molar-refractivity contribution in [3.8, 4) is 0 Å². The molecule has 2 N–H and O–H groups in total. The van der Waals surface area contributed by atoms with E-state index in [1.807, 2.05) is 20.8 Å². The second kappa shape index (κ2) is 6.64. The van der Waals surface area contributed by atoms with Gasteiger partial charge in [0.15, 0.2) is 0 Å². The van der Waals surface area contributed by atoms with E-state index < -0.39 is 5.60 Å². The van der Waals surface area contributed by atoms with Crippen molar-refractivity contribution in [2.75, 3.05) is 19.6 Å². The summed E-state index contributed by atoms with van der Waals surface area (Å²) in [6.07, 6.45) is 5.10. The lowest BCUT2D eigenvalue weighted by Crippen LogP contribution is -2.33. The quantitative estimate of drug-likeness (QED) is 0.585. The van der Waals surface area contributed by atoms with Gasteiger partial charge in [0.1, 0.15) is 5.60 Å². The van der Waals surface area contributed by atoms with Crippen LogP contribution < -0.4 is 10.6 Å². The maximum Gasteiger partial charge on any atom is 0.407 e. The zero-order chi connectivity index (χ0) is 12.7. The summed E-state index contributed by atoms with van der Waals surface area (Å²) < 4.78 is 5.15. The summed E-state index contributed by atoms with van der Waals surface area (Å²) >= 11 is 0. The molecule has 0 aromatic rings. The lowest BCUT2D eigenvalue weighted by atomic mass is 10.1. The Hall–Kier alpha value is -1.03. The Morgan fingerprint density at radius 3 is 2.88 bits per heavy atom. The topological polar surface area (TPSA) is 50.4 Å². The van der Waals surface area contributed by atoms with Crippen molar-refractivity contribution in [3.63, 3.8) is 0 Å². The van der Waals surface area contributed by atoms with Crippen molar-refractivity contribution < 1.29 is 9.53 Å². The van der Waals surface area contributed by atoms with Crippen molar-refractivity contribution in [1.29, 1.82) is 0 Å². The van der Waals surface area contributed by atoms with Crippen LogP contribution in [0.2, 0.25) is 0 Å². The lowest BCUT2D eigenvalue weighted by Gasteiger charge is -2.20. The van der Waals surface area contributed by atoms with E-state index in [1.165, 1.54) is 5.57 Å². The minimum atomic E-state index is -0.417. The van der Waals surface area contributed by atoms with Gasteiger partial charge in [-0.15, -0.1) is 0 Å². The molecule has 1 amide bonds. The van der Waals surface area contributed by atoms with Gasteiger partial charge in [0.2, 0.25) is 0 Å². The summed E-state index contributed by atoms with van der Waals surface area (Å²) in [5, 5.41) is 6.11. The monoisotopic (exact) mass is 240 g/mol. The van der Waals surface area contributed by atoms with E-state index in [0.717, 1.165) is 32.4 Å². The van der Waals surface area contributed by atoms with E-state index >= 15 is 0 Å². The molecule has 0 saturated carbocycles. The summed E-state index contributed by atoms with van der Waals surface area (Å²) in [7, 11) is 0. The first-order valence-electron chi connectivity index (χ1n) is 6.33. The number of nitrogens with one attached hydrogen (secondary N) is 2. The second-order valence-corrected chi connectivity index (χ2v) is 5.36. The first kappa shape index (κ1) is 14.0. The van der Waals surface area contributed by atoms with Gasteiger partial charge in [-0.2, -0.15) is 0 Å². The Morgan fingerprint density at radius 1 is 1.53 bits per heavy atom. The van der Waals surface area contributed by atoms with E-state index in [1.54, 1.807) is 0 Å². The average molecular weight is 240 g/mol. The normalized spacial score (nSPS) is 16.3. The number of hydrogen-bond donors (Lipinski definition) is 2. The van der Waals surface area contributed by atoms with Crippen LogP contribution in [0.5, 0.6) is 0 Å². The van der Waals surface area contributed by atoms with Gasteiger partial charge < -0.3 is 15.4 Å². The molecule has 0 aromatic heterocycles. The third kappa shape index (κ3) is 7.00. The highest BCUT2D eigenvalue weighted by atomic mass is 16.6. The van der Waals surface area contributed by atoms with E-state index in [0.29, 0.717) is 6.54 Å². The Labute approximate surface area is 104 Å². The summed E-state index contributed by atoms with van der Waals surface area (Å²) in [4.78, 5) is 11.3. The minimum absolute atomic E-state index is 0.326. The molecular formula is C13H24N2O2. The molecule has 0 atom stereocenters. The van der Waals surface area contributed by atoms with Gasteiger partial charge in [0.25, 0.3) is 0 Å². The van der Waals surface area contributed by atoms with Crippen molar-refractivity contribution in [2.24, 2.45) is 0 Å². The predicted octanol–water partition coefficient (Wildman–Crippen LogP) is 2.21. The lowest BCUT2D eigenvalue weighted by molar-refractivity contribution is 0.0527. The van der Waals surface area contributed by atoms with Crippen LogP contribution >= 0.6 is 0 Å². The fraction of sp³-hybridized carbons (Fsp3) is 0.769. The predicted molar refractivity (Wildman–Crippen MR) is 69.0 cm³/mol. The molecule has 0 unspecified atom stereocenters. The van der Waals surface area contributed by atoms with Crippen LogP contribution in [-0.2, 0) is 4.74 Å². The molecule has 0 fully saturated rings. The standard InChI is InChI=1S/C13H24N2O2/c1-13(2,3)17-12(16)15-9-5-7-11-6-4-8-14-10-11/h6,14H,4-5,7-10H2,1-3H3,(H,15,16). The zero-order valence-corrected chi connectivity index (χ0v) is 11.1. The summed E-state index contributed by atoms with van der Waals surface area (Å²) in [6, 6.07) is 0. The van der Waals surface area contributed by atoms with Crippen LogP contribution in [0.15, 0.2) is 11.6 Å². The molecule has 98 valence electrons. The van der Waals surface area contributed by atoms with E-state index in [4.69, 9.17) is 4.74 Å². The molecule has 0 bridgehead atoms. The molecule has 1 aliphatic rings. The summed E-state index contributed by atoms with van der Waals surface area (Å²) in [6.45, 7) is 8.35. The number of carbonyl (C=O) groups excluding carboxylic acids is 1. The van der Waals surface area contributed by atoms with Gasteiger partial charge >= 0.3 is 6.09 Å². The van der Waals surface area contributed by atoms with Crippen LogP contribution in [0.25, 0.3) is 0 Å². The molecule has 0 aliphatic carbocycles. The Morgan fingerprint density at radius 2 is 2.29 bits per heavy atom. The summed E-state index contributed by atoms with van der Waals surface area (Å²) in [5.74, 6) is 0. The molecule has 0 spiro atoms. The van der Waals surface area contributed by atoms with Crippen molar-refractivity contribution in [2.45, 2.75) is 45.6 Å². The highest BCUT2D eigenvalue weighted by molar-refractivity contribution is 5.67. The van der Waals surface area contributed by atoms with Gasteiger partial charge in [-0.05, 0) is 46.6 Å². The van der Waals surface area contributed by atoms with Crippen molar-refractivity contribution in [1.82, 2.24) is 10.6 Å². The van der Waals surface area contributed by atoms with Gasteiger partial charge in [-0.1, -0.05) is 11.6 Å². The van der Waals surface area contributed by atoms with Crippen LogP contribution in [0.3, 0.4) is 0 Å². The molecular weight excluding hydrogens is 216 g/mol. The molecule has 0 radical (unpaired) electrons. The van der Waals surface area contributed by atoms with Crippen molar-refractivity contribution in [3.05, 3.63) is 11.6 Å². The largest absolute Gasteiger partial charge is 0.444 e. The van der Waals surface area contributed by atoms with Gasteiger partial charge in [0.05, 0.1) is 0 Å². The van der Waals surface area contributed by atoms with Crippen LogP contribution in [0.4, 0.5) is 4.79 Å². The van der Waals surface area contributed by atoms with E-state index in [2.05, 4.69) is 16.7 Å². The molecule has 1 rings (SSSR count). The molecule has 4 heteroatoms. The maximum atomic E-state index is 11.3. The highest BCUT2D eigenvalue weighted by Gasteiger charge is 2.15. The smallest absolute Gasteiger partial charge is 0.407 e. The first-order valence-corrected chi connectivity index (χ1v) is 6.33. The number of rotatable bonds is 4. The second-order valence-electron chi connectivity index (χ2n) is 5.36. The Kier molecular flexibility index (Phi) is 5.48. The highest BCUT2D eigenvalue weighted by Crippen LogP contribution is 2.09. The minimum Gasteiger partial charge on any atom is -0.444 e. The molecule has 17 heavy (non-hydrogen) atoms. The third-order valence-electron chi connectivity index (χ3n) is 2.45. The number of carbonyl (C=O) groups is 1. The zero-order valence-electron chi connectivity index (χ0n) is 11.1. The number of alkyl carbamates (subject to hydrolysis) is 1. The average Bonchev–Trinajstić information content (AvgIpc) is 2.23. The number of amides is 1. The first-order chi connectivity index (χ1) is 7.97. The molecule has 1 heterocycles. The van der Waals surface area contributed by atoms with E-state index in [-0.39, 0.29) is 6.09 Å². The SMILES string of the molecule is CC(C)(C)OC(=O)NCCCC1=CCCNC1. The molecule has 0 saturated heterocycles. The van der Waals surface area contributed by atoms with Crippen LogP contribution in [-0.4, -0.2) is 31.3 Å². The number of ether oxygens (including phenoxy) is 1. The van der Waals surface area contributed by atoms with Crippen LogP contribution in [0, 0.1) is 0 Å². The number of hydrogen-bond acceptors (Lipinski definition) is 3. The van der Waals surface area contributed by atoms with Crippen molar-refractivity contribution >= 4 is 6.09 Å². The molecule has 0 aromatic carbocycles. The third-order valence-corrected chi connectivity index (χ3v) is 2.45. The van der Waals surface area contributed by atoms with E-state index in [9.17, 15) is 4.79 Å².